The molecule has 0 saturated heterocycles. The third-order valence-corrected chi connectivity index (χ3v) is 2.53. The molecule has 1 aromatic carbocycles. The fraction of sp³-hybridized carbons (Fsp3) is 0.167. The van der Waals surface area contributed by atoms with E-state index in [0.29, 0.717) is 5.69 Å². The van der Waals surface area contributed by atoms with Gasteiger partial charge >= 0.3 is 0 Å². The van der Waals surface area contributed by atoms with E-state index >= 15 is 0 Å². The number of benzene rings is 1. The molecule has 0 fully saturated rings. The number of anilines is 1. The first-order valence-electron chi connectivity index (χ1n) is 5.29. The van der Waals surface area contributed by atoms with Crippen LogP contribution in [0.1, 0.15) is 5.56 Å². The lowest BCUT2D eigenvalue weighted by atomic mass is 10.2. The molecule has 0 saturated carbocycles. The third-order valence-electron chi connectivity index (χ3n) is 2.53. The third kappa shape index (κ3) is 2.37. The molecule has 0 aliphatic carbocycles. The van der Waals surface area contributed by atoms with Crippen molar-refractivity contribution in [2.24, 2.45) is 0 Å². The second kappa shape index (κ2) is 4.95. The van der Waals surface area contributed by atoms with Gasteiger partial charge in [-0.1, -0.05) is 6.07 Å². The molecule has 0 atom stereocenters. The largest absolute Gasteiger partial charge is 0.387 e. The average molecular weight is 251 g/mol. The van der Waals surface area contributed by atoms with Crippen molar-refractivity contribution in [1.29, 1.82) is 0 Å². The van der Waals surface area contributed by atoms with Crippen LogP contribution < -0.4 is 10.9 Å². The van der Waals surface area contributed by atoms with E-state index < -0.39 is 17.2 Å². The molecule has 0 radical (unpaired) electrons. The lowest BCUT2D eigenvalue weighted by Gasteiger charge is -2.07. The molecule has 0 aliphatic rings. The van der Waals surface area contributed by atoms with Gasteiger partial charge in [0.15, 0.2) is 0 Å². The van der Waals surface area contributed by atoms with E-state index in [1.165, 1.54) is 18.3 Å². The average Bonchev–Trinajstić information content (AvgIpc) is 2.35. The van der Waals surface area contributed by atoms with Crippen LogP contribution in [0.5, 0.6) is 0 Å². The number of hydrogen-bond acceptors (Lipinski definition) is 3. The summed E-state index contributed by atoms with van der Waals surface area (Å²) in [5.41, 5.74) is -0.0564. The Morgan fingerprint density at radius 2 is 2.00 bits per heavy atom. The van der Waals surface area contributed by atoms with Gasteiger partial charge in [-0.05, 0) is 12.1 Å². The van der Waals surface area contributed by atoms with Crippen LogP contribution in [0.4, 0.5) is 14.5 Å². The number of nitrogens with zero attached hydrogens (tertiary/aromatic N) is 2. The first kappa shape index (κ1) is 12.2. The minimum atomic E-state index is -0.693. The van der Waals surface area contributed by atoms with Gasteiger partial charge in [-0.25, -0.2) is 13.5 Å². The summed E-state index contributed by atoms with van der Waals surface area (Å²) in [5, 5.41) is 6.59. The number of hydrogen-bond donors (Lipinski definition) is 1. The van der Waals surface area contributed by atoms with Gasteiger partial charge < -0.3 is 5.32 Å². The van der Waals surface area contributed by atoms with Crippen molar-refractivity contribution < 1.29 is 8.78 Å². The SMILES string of the molecule is CNc1cnn(Cc2c(F)cccc2F)c(=O)c1. The fourth-order valence-electron chi connectivity index (χ4n) is 1.52. The van der Waals surface area contributed by atoms with Crippen LogP contribution in [-0.4, -0.2) is 16.8 Å². The summed E-state index contributed by atoms with van der Waals surface area (Å²) < 4.78 is 27.8. The predicted octanol–water partition coefficient (Wildman–Crippen LogP) is 1.61. The maximum atomic E-state index is 13.4. The van der Waals surface area contributed by atoms with Crippen LogP contribution in [0.25, 0.3) is 0 Å². The summed E-state index contributed by atoms with van der Waals surface area (Å²) in [6, 6.07) is 4.87. The molecule has 94 valence electrons. The Balaban J connectivity index is 2.38. The highest BCUT2D eigenvalue weighted by Crippen LogP contribution is 2.12. The van der Waals surface area contributed by atoms with Crippen LogP contribution in [-0.2, 0) is 6.54 Å². The summed E-state index contributed by atoms with van der Waals surface area (Å²) in [7, 11) is 1.65. The van der Waals surface area contributed by atoms with Crippen molar-refractivity contribution in [2.75, 3.05) is 12.4 Å². The van der Waals surface area contributed by atoms with E-state index in [9.17, 15) is 13.6 Å². The maximum absolute atomic E-state index is 13.4. The second-order valence-corrected chi connectivity index (χ2v) is 3.69. The Morgan fingerprint density at radius 3 is 2.56 bits per heavy atom. The Kier molecular flexibility index (Phi) is 3.36. The maximum Gasteiger partial charge on any atom is 0.269 e. The molecule has 0 bridgehead atoms. The molecule has 2 rings (SSSR count). The quantitative estimate of drug-likeness (QED) is 0.901. The molecular weight excluding hydrogens is 240 g/mol. The normalized spacial score (nSPS) is 10.4. The molecule has 1 N–H and O–H groups in total. The van der Waals surface area contributed by atoms with Gasteiger partial charge in [0.1, 0.15) is 11.6 Å². The monoisotopic (exact) mass is 251 g/mol. The van der Waals surface area contributed by atoms with Crippen molar-refractivity contribution in [3.8, 4) is 0 Å². The van der Waals surface area contributed by atoms with Gasteiger partial charge in [-0.2, -0.15) is 5.10 Å². The molecule has 18 heavy (non-hydrogen) atoms. The first-order valence-corrected chi connectivity index (χ1v) is 5.29. The number of nitrogens with one attached hydrogen (secondary N) is 1. The van der Waals surface area contributed by atoms with E-state index in [4.69, 9.17) is 0 Å². The lowest BCUT2D eigenvalue weighted by Crippen LogP contribution is -2.23. The Hall–Kier alpha value is -2.24. The zero-order valence-corrected chi connectivity index (χ0v) is 9.65. The number of rotatable bonds is 3. The molecule has 0 spiro atoms. The molecule has 1 aromatic heterocycles. The zero-order valence-electron chi connectivity index (χ0n) is 9.65. The minimum Gasteiger partial charge on any atom is -0.387 e. The molecule has 2 aromatic rings. The van der Waals surface area contributed by atoms with E-state index in [1.54, 1.807) is 7.05 Å². The van der Waals surface area contributed by atoms with E-state index in [1.807, 2.05) is 0 Å². The van der Waals surface area contributed by atoms with Gasteiger partial charge in [0.2, 0.25) is 0 Å². The van der Waals surface area contributed by atoms with E-state index in [0.717, 1.165) is 16.8 Å². The van der Waals surface area contributed by atoms with Crippen molar-refractivity contribution in [3.05, 3.63) is 58.0 Å². The van der Waals surface area contributed by atoms with Gasteiger partial charge in [0.25, 0.3) is 5.56 Å². The van der Waals surface area contributed by atoms with Crippen LogP contribution in [0.15, 0.2) is 35.3 Å². The highest BCUT2D eigenvalue weighted by Gasteiger charge is 2.10. The van der Waals surface area contributed by atoms with Crippen LogP contribution in [0, 0.1) is 11.6 Å². The van der Waals surface area contributed by atoms with Gasteiger partial charge in [-0.3, -0.25) is 4.79 Å². The number of aromatic nitrogens is 2. The predicted molar refractivity (Wildman–Crippen MR) is 63.5 cm³/mol. The molecule has 1 heterocycles. The molecule has 6 heteroatoms. The summed E-state index contributed by atoms with van der Waals surface area (Å²) in [5.74, 6) is -1.39. The van der Waals surface area contributed by atoms with E-state index in [-0.39, 0.29) is 12.1 Å². The molecule has 4 nitrogen and oxygen atoms in total. The van der Waals surface area contributed by atoms with Crippen molar-refractivity contribution >= 4 is 5.69 Å². The van der Waals surface area contributed by atoms with Gasteiger partial charge in [0, 0.05) is 18.7 Å². The highest BCUT2D eigenvalue weighted by atomic mass is 19.1. The zero-order chi connectivity index (χ0) is 13.1. The standard InChI is InChI=1S/C12H11F2N3O/c1-15-8-5-12(18)17(16-6-8)7-9-10(13)3-2-4-11(9)14/h2-6,15H,7H2,1H3. The van der Waals surface area contributed by atoms with Crippen molar-refractivity contribution in [1.82, 2.24) is 9.78 Å². The topological polar surface area (TPSA) is 46.9 Å². The summed E-state index contributed by atoms with van der Waals surface area (Å²) in [4.78, 5) is 11.6. The number of halogens is 2. The molecule has 0 aliphatic heterocycles. The molecule has 0 unspecified atom stereocenters. The fourth-order valence-corrected chi connectivity index (χ4v) is 1.52. The van der Waals surface area contributed by atoms with Gasteiger partial charge in [-0.15, -0.1) is 0 Å². The van der Waals surface area contributed by atoms with E-state index in [2.05, 4.69) is 10.4 Å². The van der Waals surface area contributed by atoms with Crippen LogP contribution >= 0.6 is 0 Å². The Morgan fingerprint density at radius 1 is 1.33 bits per heavy atom. The summed E-state index contributed by atoms with van der Waals surface area (Å²) in [6.45, 7) is -0.235. The van der Waals surface area contributed by atoms with Crippen molar-refractivity contribution in [3.63, 3.8) is 0 Å². The Bertz CT molecular complexity index is 605. The lowest BCUT2D eigenvalue weighted by molar-refractivity contribution is 0.524. The van der Waals surface area contributed by atoms with Crippen LogP contribution in [0.2, 0.25) is 0 Å². The highest BCUT2D eigenvalue weighted by molar-refractivity contribution is 5.37. The summed E-state index contributed by atoms with van der Waals surface area (Å²) in [6.07, 6.45) is 1.42. The minimum absolute atomic E-state index is 0.177. The first-order chi connectivity index (χ1) is 8.61. The Labute approximate surface area is 102 Å². The van der Waals surface area contributed by atoms with Crippen molar-refractivity contribution in [2.45, 2.75) is 6.54 Å². The smallest absolute Gasteiger partial charge is 0.269 e. The second-order valence-electron chi connectivity index (χ2n) is 3.69. The molecular formula is C12H11F2N3O. The van der Waals surface area contributed by atoms with Crippen LogP contribution in [0.3, 0.4) is 0 Å². The summed E-state index contributed by atoms with van der Waals surface area (Å²) >= 11 is 0. The molecule has 0 amide bonds. The van der Waals surface area contributed by atoms with Gasteiger partial charge in [0.05, 0.1) is 18.4 Å².